The largest absolute Gasteiger partial charge is 0.456 e. The van der Waals surface area contributed by atoms with Crippen molar-refractivity contribution in [3.05, 3.63) is 131 Å². The fraction of sp³-hybridized carbons (Fsp3) is 0.222. The van der Waals surface area contributed by atoms with E-state index in [2.05, 4.69) is 15.6 Å². The summed E-state index contributed by atoms with van der Waals surface area (Å²) in [5.74, 6) is -2.20. The lowest BCUT2D eigenvalue weighted by Gasteiger charge is -2.20. The molecule has 0 aliphatic carbocycles. The molecule has 2 atom stereocenters. The van der Waals surface area contributed by atoms with Crippen molar-refractivity contribution in [3.8, 4) is 16.9 Å². The first kappa shape index (κ1) is 33.4. The second-order valence-electron chi connectivity index (χ2n) is 11.3. The van der Waals surface area contributed by atoms with Crippen LogP contribution in [0.1, 0.15) is 33.3 Å². The molecule has 1 fully saturated rings. The van der Waals surface area contributed by atoms with E-state index in [1.165, 1.54) is 12.3 Å². The van der Waals surface area contributed by atoms with E-state index in [0.717, 1.165) is 17.7 Å². The molecule has 2 amide bonds. The molecule has 11 nitrogen and oxygen atoms in total. The number of benzene rings is 3. The zero-order chi connectivity index (χ0) is 34.3. The van der Waals surface area contributed by atoms with Crippen molar-refractivity contribution in [1.29, 1.82) is 0 Å². The van der Waals surface area contributed by atoms with Crippen molar-refractivity contribution in [2.45, 2.75) is 25.7 Å². The highest BCUT2D eigenvalue weighted by Gasteiger charge is 2.37. The molecule has 2 N–H and O–H groups in total. The molecule has 1 aliphatic heterocycles. The molecular formula is C36H34F2N6O5. The van der Waals surface area contributed by atoms with Gasteiger partial charge >= 0.3 is 12.0 Å². The molecule has 6 rings (SSSR count). The third kappa shape index (κ3) is 7.81. The van der Waals surface area contributed by atoms with Crippen LogP contribution >= 0.6 is 0 Å². The Bertz CT molecular complexity index is 1920. The number of nitrogens with zero attached hydrogens (tertiary/aromatic N) is 4. The van der Waals surface area contributed by atoms with E-state index in [1.807, 2.05) is 60.7 Å². The van der Waals surface area contributed by atoms with E-state index >= 15 is 0 Å². The third-order valence-electron chi connectivity index (χ3n) is 7.97. The number of rotatable bonds is 11. The molecule has 5 aromatic rings. The van der Waals surface area contributed by atoms with Gasteiger partial charge in [-0.25, -0.2) is 28.0 Å². The van der Waals surface area contributed by atoms with Gasteiger partial charge in [0.1, 0.15) is 24.2 Å². The van der Waals surface area contributed by atoms with Gasteiger partial charge in [-0.2, -0.15) is 10.2 Å². The van der Waals surface area contributed by atoms with Gasteiger partial charge in [0.25, 0.3) is 0 Å². The molecule has 0 unspecified atom stereocenters. The Kier molecular flexibility index (Phi) is 10.3. The Morgan fingerprint density at radius 1 is 0.980 bits per heavy atom. The molecule has 1 saturated heterocycles. The van der Waals surface area contributed by atoms with Gasteiger partial charge in [0.05, 0.1) is 24.0 Å². The maximum absolute atomic E-state index is 14.2. The number of carbonyl (C=O) groups is 2. The fourth-order valence-electron chi connectivity index (χ4n) is 5.50. The van der Waals surface area contributed by atoms with Gasteiger partial charge in [0.15, 0.2) is 11.6 Å². The lowest BCUT2D eigenvalue weighted by Crippen LogP contribution is -2.42. The SMILES string of the molecule is COCCN1C[C@@H](NC(=O)Nc2c(C)c(-c3ccnc(C(=O)OCc4ccccc4)c3)nn2-c2ccccc2)[C@H](c2ccc(F)c(F)c2)O1. The second-order valence-corrected chi connectivity index (χ2v) is 11.3. The number of pyridine rings is 1. The highest BCUT2D eigenvalue weighted by atomic mass is 19.2. The summed E-state index contributed by atoms with van der Waals surface area (Å²) in [6, 6.07) is 24.2. The van der Waals surface area contributed by atoms with E-state index in [9.17, 15) is 18.4 Å². The van der Waals surface area contributed by atoms with Gasteiger partial charge in [-0.15, -0.1) is 0 Å². The molecule has 0 bridgehead atoms. The Labute approximate surface area is 281 Å². The van der Waals surface area contributed by atoms with E-state index < -0.39 is 35.8 Å². The summed E-state index contributed by atoms with van der Waals surface area (Å²) in [5.41, 5.74) is 3.72. The normalized spacial score (nSPS) is 16.0. The van der Waals surface area contributed by atoms with Gasteiger partial charge in [0, 0.05) is 37.5 Å². The Morgan fingerprint density at radius 3 is 2.47 bits per heavy atom. The number of amides is 2. The number of para-hydroxylation sites is 1. The van der Waals surface area contributed by atoms with Crippen molar-refractivity contribution < 1.29 is 32.7 Å². The Balaban J connectivity index is 1.25. The number of halogens is 2. The molecule has 3 aromatic carbocycles. The predicted molar refractivity (Wildman–Crippen MR) is 177 cm³/mol. The first-order chi connectivity index (χ1) is 23.8. The summed E-state index contributed by atoms with van der Waals surface area (Å²) >= 11 is 0. The molecule has 49 heavy (non-hydrogen) atoms. The Hall–Kier alpha value is -5.50. The average molecular weight is 669 g/mol. The summed E-state index contributed by atoms with van der Waals surface area (Å²) in [5, 5.41) is 12.3. The van der Waals surface area contributed by atoms with Crippen molar-refractivity contribution in [2.75, 3.05) is 32.1 Å². The first-order valence-electron chi connectivity index (χ1n) is 15.6. The van der Waals surface area contributed by atoms with Crippen LogP contribution in [0.2, 0.25) is 0 Å². The van der Waals surface area contributed by atoms with Crippen LogP contribution < -0.4 is 10.6 Å². The van der Waals surface area contributed by atoms with E-state index in [4.69, 9.17) is 19.4 Å². The molecule has 0 radical (unpaired) electrons. The number of aromatic nitrogens is 3. The molecule has 0 saturated carbocycles. The maximum Gasteiger partial charge on any atom is 0.357 e. The van der Waals surface area contributed by atoms with Crippen molar-refractivity contribution in [1.82, 2.24) is 25.1 Å². The summed E-state index contributed by atoms with van der Waals surface area (Å²) in [6.07, 6.45) is 0.716. The molecule has 252 valence electrons. The highest BCUT2D eigenvalue weighted by molar-refractivity contribution is 5.92. The number of anilines is 1. The zero-order valence-corrected chi connectivity index (χ0v) is 26.8. The van der Waals surface area contributed by atoms with Gasteiger partial charge < -0.3 is 14.8 Å². The molecule has 3 heterocycles. The number of urea groups is 1. The molecular weight excluding hydrogens is 634 g/mol. The van der Waals surface area contributed by atoms with Crippen molar-refractivity contribution in [2.24, 2.45) is 0 Å². The van der Waals surface area contributed by atoms with E-state index in [1.54, 1.807) is 35.9 Å². The summed E-state index contributed by atoms with van der Waals surface area (Å²) in [4.78, 5) is 36.8. The monoisotopic (exact) mass is 668 g/mol. The quantitative estimate of drug-likeness (QED) is 0.165. The van der Waals surface area contributed by atoms with Crippen LogP contribution in [-0.2, 0) is 20.9 Å². The van der Waals surface area contributed by atoms with E-state index in [0.29, 0.717) is 47.0 Å². The van der Waals surface area contributed by atoms with Gasteiger partial charge in [-0.05, 0) is 54.4 Å². The summed E-state index contributed by atoms with van der Waals surface area (Å²) in [7, 11) is 1.56. The summed E-state index contributed by atoms with van der Waals surface area (Å²) in [6.45, 7) is 2.93. The minimum atomic E-state index is -1.02. The highest BCUT2D eigenvalue weighted by Crippen LogP contribution is 2.33. The zero-order valence-electron chi connectivity index (χ0n) is 26.8. The number of hydrogen-bond donors (Lipinski definition) is 2. The standard InChI is InChI=1S/C36H34F2N6O5/c1-23-32(25-15-16-39-30(20-25)35(45)48-22-24-9-5-3-6-10-24)42-44(27-11-7-4-8-12-27)34(23)41-36(46)40-31-21-43(17-18-47-2)49-33(31)26-13-14-28(37)29(38)19-26/h3-16,19-20,31,33H,17-18,21-22H2,1-2H3,(H2,40,41,46)/t31-,33+/m1/s1. The number of nitrogens with one attached hydrogen (secondary N) is 2. The van der Waals surface area contributed by atoms with Gasteiger partial charge in [-0.3, -0.25) is 10.2 Å². The molecule has 2 aromatic heterocycles. The number of esters is 1. The minimum absolute atomic E-state index is 0.101. The van der Waals surface area contributed by atoms with Crippen LogP contribution in [0.25, 0.3) is 16.9 Å². The topological polar surface area (TPSA) is 120 Å². The second kappa shape index (κ2) is 15.2. The van der Waals surface area contributed by atoms with Gasteiger partial charge in [0.2, 0.25) is 0 Å². The molecule has 1 aliphatic rings. The van der Waals surface area contributed by atoms with Crippen molar-refractivity contribution >= 4 is 17.8 Å². The maximum atomic E-state index is 14.2. The van der Waals surface area contributed by atoms with Crippen molar-refractivity contribution in [3.63, 3.8) is 0 Å². The van der Waals surface area contributed by atoms with E-state index in [-0.39, 0.29) is 18.8 Å². The van der Waals surface area contributed by atoms with Crippen LogP contribution in [0.5, 0.6) is 0 Å². The van der Waals surface area contributed by atoms with Gasteiger partial charge in [-0.1, -0.05) is 54.6 Å². The fourth-order valence-corrected chi connectivity index (χ4v) is 5.50. The smallest absolute Gasteiger partial charge is 0.357 e. The van der Waals surface area contributed by atoms with Crippen LogP contribution in [-0.4, -0.2) is 64.7 Å². The third-order valence-corrected chi connectivity index (χ3v) is 7.97. The van der Waals surface area contributed by atoms with Crippen LogP contribution in [0.4, 0.5) is 19.4 Å². The van der Waals surface area contributed by atoms with Crippen LogP contribution in [0.15, 0.2) is 97.2 Å². The van der Waals surface area contributed by atoms with Crippen LogP contribution in [0.3, 0.4) is 0 Å². The predicted octanol–water partition coefficient (Wildman–Crippen LogP) is 6.00. The first-order valence-corrected chi connectivity index (χ1v) is 15.6. The molecule has 0 spiro atoms. The number of hydrogen-bond acceptors (Lipinski definition) is 8. The number of methoxy groups -OCH3 is 1. The van der Waals surface area contributed by atoms with Crippen LogP contribution in [0, 0.1) is 18.6 Å². The lowest BCUT2D eigenvalue weighted by atomic mass is 10.0. The number of carbonyl (C=O) groups excluding carboxylic acids is 2. The summed E-state index contributed by atoms with van der Waals surface area (Å²) < 4.78 is 40.1. The molecule has 13 heteroatoms. The minimum Gasteiger partial charge on any atom is -0.456 e. The number of ether oxygens (including phenoxy) is 2. The number of hydroxylamine groups is 2. The lowest BCUT2D eigenvalue weighted by molar-refractivity contribution is -0.154. The average Bonchev–Trinajstić information content (AvgIpc) is 3.68. The Morgan fingerprint density at radius 2 is 1.73 bits per heavy atom.